The zero-order valence-electron chi connectivity index (χ0n) is 12.8. The van der Waals surface area contributed by atoms with Gasteiger partial charge in [0, 0.05) is 19.3 Å². The fourth-order valence-electron chi connectivity index (χ4n) is 2.38. The van der Waals surface area contributed by atoms with E-state index in [9.17, 15) is 18.3 Å². The van der Waals surface area contributed by atoms with Gasteiger partial charge in [-0.3, -0.25) is 4.79 Å². The van der Waals surface area contributed by atoms with E-state index >= 15 is 0 Å². The molecule has 0 bridgehead atoms. The topological polar surface area (TPSA) is 115 Å². The van der Waals surface area contributed by atoms with Crippen molar-refractivity contribution < 1.29 is 27.8 Å². The molecule has 0 saturated carbocycles. The molecule has 1 aliphatic heterocycles. The number of rotatable bonds is 7. The highest BCUT2D eigenvalue weighted by atomic mass is 32.2. The maximum atomic E-state index is 12.4. The summed E-state index contributed by atoms with van der Waals surface area (Å²) in [7, 11) is -3.99. The molecule has 1 aromatic rings. The SMILES string of the molecule is CCOc1cccnc1S(=O)(=O)NCC1(C(=O)O)CCCOC1. The first-order valence-corrected chi connectivity index (χ1v) is 8.78. The Morgan fingerprint density at radius 3 is 2.96 bits per heavy atom. The lowest BCUT2D eigenvalue weighted by atomic mass is 9.83. The number of carboxylic acids is 1. The number of aromatic nitrogens is 1. The number of carboxylic acid groups (broad SMARTS) is 1. The predicted octanol–water partition coefficient (Wildman–Crippen LogP) is 0.640. The van der Waals surface area contributed by atoms with Crippen LogP contribution in [-0.2, 0) is 19.6 Å². The third-order valence-electron chi connectivity index (χ3n) is 3.67. The van der Waals surface area contributed by atoms with E-state index in [2.05, 4.69) is 9.71 Å². The zero-order chi connectivity index (χ0) is 16.9. The average Bonchev–Trinajstić information content (AvgIpc) is 2.54. The average molecular weight is 344 g/mol. The highest BCUT2D eigenvalue weighted by Gasteiger charge is 2.42. The minimum Gasteiger partial charge on any atom is -0.491 e. The van der Waals surface area contributed by atoms with E-state index < -0.39 is 21.4 Å². The Hall–Kier alpha value is -1.71. The van der Waals surface area contributed by atoms with E-state index in [1.165, 1.54) is 12.3 Å². The Bertz CT molecular complexity index is 655. The van der Waals surface area contributed by atoms with Crippen LogP contribution in [0.5, 0.6) is 5.75 Å². The molecule has 9 heteroatoms. The number of pyridine rings is 1. The van der Waals surface area contributed by atoms with Gasteiger partial charge in [-0.15, -0.1) is 0 Å². The van der Waals surface area contributed by atoms with Gasteiger partial charge >= 0.3 is 5.97 Å². The summed E-state index contributed by atoms with van der Waals surface area (Å²) < 4.78 is 37.7. The first kappa shape index (κ1) is 17.6. The van der Waals surface area contributed by atoms with E-state index in [0.29, 0.717) is 26.1 Å². The molecular weight excluding hydrogens is 324 g/mol. The lowest BCUT2D eigenvalue weighted by Gasteiger charge is -2.32. The molecule has 2 N–H and O–H groups in total. The van der Waals surface area contributed by atoms with Gasteiger partial charge < -0.3 is 14.6 Å². The van der Waals surface area contributed by atoms with Crippen molar-refractivity contribution in [3.63, 3.8) is 0 Å². The summed E-state index contributed by atoms with van der Waals surface area (Å²) in [6.07, 6.45) is 2.26. The van der Waals surface area contributed by atoms with Crippen LogP contribution in [0.25, 0.3) is 0 Å². The standard InChI is InChI=1S/C14H20N2O6S/c1-2-22-11-5-3-7-15-12(11)23(19,20)16-9-14(13(17)18)6-4-8-21-10-14/h3,5,7,16H,2,4,6,8-10H2,1H3,(H,17,18). The highest BCUT2D eigenvalue weighted by molar-refractivity contribution is 7.89. The smallest absolute Gasteiger partial charge is 0.313 e. The lowest BCUT2D eigenvalue weighted by Crippen LogP contribution is -2.48. The summed E-state index contributed by atoms with van der Waals surface area (Å²) in [5.74, 6) is -0.947. The maximum Gasteiger partial charge on any atom is 0.313 e. The van der Waals surface area contributed by atoms with E-state index in [4.69, 9.17) is 9.47 Å². The molecule has 23 heavy (non-hydrogen) atoms. The summed E-state index contributed by atoms with van der Waals surface area (Å²) in [5.41, 5.74) is -1.26. The number of aliphatic carboxylic acids is 1. The molecule has 2 rings (SSSR count). The van der Waals surface area contributed by atoms with Crippen molar-refractivity contribution in [2.75, 3.05) is 26.4 Å². The van der Waals surface area contributed by atoms with Crippen molar-refractivity contribution in [2.24, 2.45) is 5.41 Å². The van der Waals surface area contributed by atoms with Gasteiger partial charge in [0.2, 0.25) is 5.03 Å². The number of nitrogens with one attached hydrogen (secondary N) is 1. The molecule has 1 atom stereocenters. The summed E-state index contributed by atoms with van der Waals surface area (Å²) in [4.78, 5) is 15.4. The van der Waals surface area contributed by atoms with Crippen LogP contribution in [0.15, 0.2) is 23.4 Å². The molecule has 0 aliphatic carbocycles. The van der Waals surface area contributed by atoms with Crippen molar-refractivity contribution >= 4 is 16.0 Å². The molecule has 1 aromatic heterocycles. The van der Waals surface area contributed by atoms with Gasteiger partial charge in [-0.1, -0.05) is 0 Å². The zero-order valence-corrected chi connectivity index (χ0v) is 13.6. The van der Waals surface area contributed by atoms with Gasteiger partial charge in [0.25, 0.3) is 10.0 Å². The highest BCUT2D eigenvalue weighted by Crippen LogP contribution is 2.29. The van der Waals surface area contributed by atoms with Crippen LogP contribution in [0.1, 0.15) is 19.8 Å². The first-order valence-electron chi connectivity index (χ1n) is 7.30. The molecule has 1 saturated heterocycles. The molecule has 0 radical (unpaired) electrons. The molecule has 128 valence electrons. The van der Waals surface area contributed by atoms with Crippen molar-refractivity contribution in [1.82, 2.24) is 9.71 Å². The van der Waals surface area contributed by atoms with Crippen LogP contribution < -0.4 is 9.46 Å². The summed E-state index contributed by atoms with van der Waals surface area (Å²) in [6, 6.07) is 3.07. The molecule has 1 fully saturated rings. The fraction of sp³-hybridized carbons (Fsp3) is 0.571. The van der Waals surface area contributed by atoms with E-state index in [1.807, 2.05) is 0 Å². The minimum absolute atomic E-state index is 0.0224. The lowest BCUT2D eigenvalue weighted by molar-refractivity contribution is -0.156. The quantitative estimate of drug-likeness (QED) is 0.746. The van der Waals surface area contributed by atoms with Crippen LogP contribution >= 0.6 is 0 Å². The summed E-state index contributed by atoms with van der Waals surface area (Å²) in [5, 5.41) is 9.19. The Morgan fingerprint density at radius 2 is 2.35 bits per heavy atom. The molecule has 1 unspecified atom stereocenters. The molecule has 8 nitrogen and oxygen atoms in total. The molecule has 0 amide bonds. The van der Waals surface area contributed by atoms with Crippen LogP contribution in [0.4, 0.5) is 0 Å². The number of sulfonamides is 1. The summed E-state index contributed by atoms with van der Waals surface area (Å²) in [6.45, 7) is 2.23. The van der Waals surface area contributed by atoms with Crippen LogP contribution in [0.2, 0.25) is 0 Å². The van der Waals surface area contributed by atoms with E-state index in [0.717, 1.165) is 0 Å². The molecule has 0 spiro atoms. The molecule has 0 aromatic carbocycles. The normalized spacial score (nSPS) is 21.8. The Morgan fingerprint density at radius 1 is 1.57 bits per heavy atom. The van der Waals surface area contributed by atoms with Crippen LogP contribution in [0.3, 0.4) is 0 Å². The number of nitrogens with zero attached hydrogens (tertiary/aromatic N) is 1. The van der Waals surface area contributed by atoms with Gasteiger partial charge in [0.15, 0.2) is 5.75 Å². The third kappa shape index (κ3) is 3.98. The number of hydrogen-bond donors (Lipinski definition) is 2. The Kier molecular flexibility index (Phi) is 5.55. The van der Waals surface area contributed by atoms with E-state index in [1.54, 1.807) is 13.0 Å². The van der Waals surface area contributed by atoms with Gasteiger partial charge in [0.05, 0.1) is 13.2 Å². The minimum atomic E-state index is -3.99. The second-order valence-corrected chi connectivity index (χ2v) is 6.99. The second kappa shape index (κ2) is 7.24. The van der Waals surface area contributed by atoms with Gasteiger partial charge in [0.1, 0.15) is 5.41 Å². The Labute approximate surface area is 134 Å². The predicted molar refractivity (Wildman–Crippen MR) is 80.7 cm³/mol. The number of hydrogen-bond acceptors (Lipinski definition) is 6. The van der Waals surface area contributed by atoms with Gasteiger partial charge in [-0.25, -0.2) is 18.1 Å². The van der Waals surface area contributed by atoms with Crippen LogP contribution in [-0.4, -0.2) is 50.8 Å². The van der Waals surface area contributed by atoms with Gasteiger partial charge in [-0.2, -0.15) is 0 Å². The molecule has 2 heterocycles. The van der Waals surface area contributed by atoms with Crippen molar-refractivity contribution in [1.29, 1.82) is 0 Å². The van der Waals surface area contributed by atoms with Crippen molar-refractivity contribution in [2.45, 2.75) is 24.8 Å². The van der Waals surface area contributed by atoms with E-state index in [-0.39, 0.29) is 23.9 Å². The number of carbonyl (C=O) groups is 1. The van der Waals surface area contributed by atoms with Crippen molar-refractivity contribution in [3.05, 3.63) is 18.3 Å². The molecule has 1 aliphatic rings. The number of ether oxygens (including phenoxy) is 2. The van der Waals surface area contributed by atoms with Crippen LogP contribution in [0, 0.1) is 5.41 Å². The monoisotopic (exact) mass is 344 g/mol. The summed E-state index contributed by atoms with van der Waals surface area (Å²) >= 11 is 0. The van der Waals surface area contributed by atoms with Crippen molar-refractivity contribution in [3.8, 4) is 5.75 Å². The largest absolute Gasteiger partial charge is 0.491 e. The first-order chi connectivity index (χ1) is 10.9. The van der Waals surface area contributed by atoms with Gasteiger partial charge in [-0.05, 0) is 31.9 Å². The third-order valence-corrected chi connectivity index (χ3v) is 5.01. The second-order valence-electron chi connectivity index (χ2n) is 5.31. The Balaban J connectivity index is 2.19. The maximum absolute atomic E-state index is 12.4. The molecular formula is C14H20N2O6S. The fourth-order valence-corrected chi connectivity index (χ4v) is 3.58.